The Hall–Kier alpha value is -1.33. The Balaban J connectivity index is 2.00. The summed E-state index contributed by atoms with van der Waals surface area (Å²) in [7, 11) is 0. The van der Waals surface area contributed by atoms with Crippen LogP contribution in [0.15, 0.2) is 12.3 Å². The topological polar surface area (TPSA) is 65.5 Å². The summed E-state index contributed by atoms with van der Waals surface area (Å²) < 4.78 is 0. The summed E-state index contributed by atoms with van der Waals surface area (Å²) in [6, 6.07) is 1.56. The summed E-state index contributed by atoms with van der Waals surface area (Å²) in [6.07, 6.45) is 2.68. The van der Waals surface area contributed by atoms with Gasteiger partial charge < -0.3 is 15.3 Å². The monoisotopic (exact) mass is 269 g/mol. The molecule has 0 radical (unpaired) electrons. The van der Waals surface area contributed by atoms with Gasteiger partial charge in [-0.1, -0.05) is 11.6 Å². The Morgan fingerprint density at radius 1 is 1.67 bits per heavy atom. The smallest absolute Gasteiger partial charge is 0.321 e. The molecule has 98 valence electrons. The van der Waals surface area contributed by atoms with Crippen LogP contribution in [-0.4, -0.2) is 40.2 Å². The Morgan fingerprint density at radius 3 is 3.11 bits per heavy atom. The van der Waals surface area contributed by atoms with Crippen molar-refractivity contribution < 1.29 is 9.90 Å². The van der Waals surface area contributed by atoms with Crippen LogP contribution in [0.2, 0.25) is 5.15 Å². The maximum absolute atomic E-state index is 12.0. The maximum Gasteiger partial charge on any atom is 0.321 e. The van der Waals surface area contributed by atoms with Crippen LogP contribution >= 0.6 is 11.6 Å². The lowest BCUT2D eigenvalue weighted by atomic mass is 10.1. The molecule has 1 aromatic rings. The first-order valence-electron chi connectivity index (χ1n) is 5.92. The molecule has 1 unspecified atom stereocenters. The molecule has 2 N–H and O–H groups in total. The van der Waals surface area contributed by atoms with Crippen LogP contribution in [0.5, 0.6) is 0 Å². The molecule has 2 heterocycles. The third-order valence-corrected chi connectivity index (χ3v) is 3.35. The SMILES string of the molecule is Cc1cc(NC(=O)N2CCCC(O)C2)cnc1Cl. The average molecular weight is 270 g/mol. The molecule has 1 aliphatic rings. The van der Waals surface area contributed by atoms with E-state index in [0.717, 1.165) is 18.4 Å². The highest BCUT2D eigenvalue weighted by atomic mass is 35.5. The van der Waals surface area contributed by atoms with Crippen LogP contribution in [0.3, 0.4) is 0 Å². The van der Waals surface area contributed by atoms with Gasteiger partial charge in [0, 0.05) is 13.1 Å². The molecule has 0 saturated carbocycles. The number of aliphatic hydroxyl groups excluding tert-OH is 1. The molecule has 0 spiro atoms. The molecule has 5 nitrogen and oxygen atoms in total. The Kier molecular flexibility index (Phi) is 4.04. The fourth-order valence-electron chi connectivity index (χ4n) is 1.97. The predicted octanol–water partition coefficient (Wildman–Crippen LogP) is 2.03. The third kappa shape index (κ3) is 3.11. The van der Waals surface area contributed by atoms with E-state index in [1.165, 1.54) is 6.20 Å². The Labute approximate surface area is 111 Å². The van der Waals surface area contributed by atoms with E-state index in [1.807, 2.05) is 6.92 Å². The number of likely N-dealkylation sites (tertiary alicyclic amines) is 1. The number of piperidine rings is 1. The van der Waals surface area contributed by atoms with E-state index in [1.54, 1.807) is 11.0 Å². The molecule has 2 amide bonds. The second-order valence-corrected chi connectivity index (χ2v) is 4.86. The summed E-state index contributed by atoms with van der Waals surface area (Å²) in [5.41, 5.74) is 1.43. The molecule has 18 heavy (non-hydrogen) atoms. The van der Waals surface area contributed by atoms with Crippen LogP contribution in [-0.2, 0) is 0 Å². The molecule has 1 aliphatic heterocycles. The van der Waals surface area contributed by atoms with Gasteiger partial charge >= 0.3 is 6.03 Å². The van der Waals surface area contributed by atoms with E-state index in [4.69, 9.17) is 11.6 Å². The first kappa shape index (κ1) is 13.1. The maximum atomic E-state index is 12.0. The van der Waals surface area contributed by atoms with Crippen LogP contribution in [0, 0.1) is 6.92 Å². The highest BCUT2D eigenvalue weighted by Crippen LogP contribution is 2.17. The number of carbonyl (C=O) groups is 1. The number of β-amino-alcohol motifs (C(OH)–C–C–N with tert-alkyl or cyclic N) is 1. The van der Waals surface area contributed by atoms with Gasteiger partial charge in [0.1, 0.15) is 5.15 Å². The van der Waals surface area contributed by atoms with E-state index in [0.29, 0.717) is 23.9 Å². The average Bonchev–Trinajstić information content (AvgIpc) is 2.34. The number of hydrogen-bond acceptors (Lipinski definition) is 3. The zero-order valence-corrected chi connectivity index (χ0v) is 10.9. The minimum absolute atomic E-state index is 0.211. The standard InChI is InChI=1S/C12H16ClN3O2/c1-8-5-9(6-14-11(8)13)15-12(18)16-4-2-3-10(17)7-16/h5-6,10,17H,2-4,7H2,1H3,(H,15,18). The van der Waals surface area contributed by atoms with Gasteiger partial charge in [-0.3, -0.25) is 0 Å². The second kappa shape index (κ2) is 5.54. The van der Waals surface area contributed by atoms with Crippen LogP contribution < -0.4 is 5.32 Å². The summed E-state index contributed by atoms with van der Waals surface area (Å²) in [5, 5.41) is 12.7. The number of nitrogens with one attached hydrogen (secondary N) is 1. The highest BCUT2D eigenvalue weighted by Gasteiger charge is 2.22. The summed E-state index contributed by atoms with van der Waals surface area (Å²) >= 11 is 5.82. The molecule has 0 aliphatic carbocycles. The van der Waals surface area contributed by atoms with Gasteiger partial charge in [0.15, 0.2) is 0 Å². The number of anilines is 1. The minimum Gasteiger partial charge on any atom is -0.391 e. The number of amides is 2. The Morgan fingerprint density at radius 2 is 2.44 bits per heavy atom. The first-order valence-corrected chi connectivity index (χ1v) is 6.30. The van der Waals surface area contributed by atoms with Crippen molar-refractivity contribution in [3.8, 4) is 0 Å². The quantitative estimate of drug-likeness (QED) is 0.767. The van der Waals surface area contributed by atoms with Gasteiger partial charge in [0.05, 0.1) is 18.0 Å². The fourth-order valence-corrected chi connectivity index (χ4v) is 2.07. The van der Waals surface area contributed by atoms with Crippen molar-refractivity contribution >= 4 is 23.3 Å². The van der Waals surface area contributed by atoms with Gasteiger partial charge in [0.25, 0.3) is 0 Å². The van der Waals surface area contributed by atoms with E-state index in [9.17, 15) is 9.90 Å². The van der Waals surface area contributed by atoms with Gasteiger partial charge in [0.2, 0.25) is 0 Å². The molecule has 1 saturated heterocycles. The molecule has 6 heteroatoms. The second-order valence-electron chi connectivity index (χ2n) is 4.50. The highest BCUT2D eigenvalue weighted by molar-refractivity contribution is 6.30. The number of urea groups is 1. The minimum atomic E-state index is -0.422. The van der Waals surface area contributed by atoms with Gasteiger partial charge in [-0.15, -0.1) is 0 Å². The number of rotatable bonds is 1. The van der Waals surface area contributed by atoms with E-state index in [2.05, 4.69) is 10.3 Å². The lowest BCUT2D eigenvalue weighted by molar-refractivity contribution is 0.0883. The van der Waals surface area contributed by atoms with Crippen LogP contribution in [0.25, 0.3) is 0 Å². The largest absolute Gasteiger partial charge is 0.391 e. The van der Waals surface area contributed by atoms with Gasteiger partial charge in [-0.2, -0.15) is 0 Å². The Bertz CT molecular complexity index is 453. The van der Waals surface area contributed by atoms with Crippen molar-refractivity contribution in [3.05, 3.63) is 23.0 Å². The first-order chi connectivity index (χ1) is 8.56. The number of aromatic nitrogens is 1. The number of aliphatic hydroxyl groups is 1. The van der Waals surface area contributed by atoms with Crippen molar-refractivity contribution in [2.45, 2.75) is 25.9 Å². The lowest BCUT2D eigenvalue weighted by Crippen LogP contribution is -2.44. The molecule has 1 fully saturated rings. The molecule has 0 aromatic carbocycles. The van der Waals surface area contributed by atoms with Crippen molar-refractivity contribution in [1.29, 1.82) is 0 Å². The molecular formula is C12H16ClN3O2. The molecule has 1 atom stereocenters. The van der Waals surface area contributed by atoms with E-state index < -0.39 is 6.10 Å². The van der Waals surface area contributed by atoms with Gasteiger partial charge in [-0.05, 0) is 31.4 Å². The summed E-state index contributed by atoms with van der Waals surface area (Å²) in [5.74, 6) is 0. The summed E-state index contributed by atoms with van der Waals surface area (Å²) in [4.78, 5) is 17.5. The number of carbonyl (C=O) groups excluding carboxylic acids is 1. The number of pyridine rings is 1. The fraction of sp³-hybridized carbons (Fsp3) is 0.500. The molecule has 0 bridgehead atoms. The van der Waals surface area contributed by atoms with Crippen LogP contribution in [0.1, 0.15) is 18.4 Å². The van der Waals surface area contributed by atoms with Gasteiger partial charge in [-0.25, -0.2) is 9.78 Å². The van der Waals surface area contributed by atoms with E-state index in [-0.39, 0.29) is 6.03 Å². The number of halogens is 1. The van der Waals surface area contributed by atoms with Crippen LogP contribution in [0.4, 0.5) is 10.5 Å². The normalized spacial score (nSPS) is 19.7. The number of aryl methyl sites for hydroxylation is 1. The number of nitrogens with zero attached hydrogens (tertiary/aromatic N) is 2. The third-order valence-electron chi connectivity index (χ3n) is 2.95. The van der Waals surface area contributed by atoms with Crippen molar-refractivity contribution in [2.75, 3.05) is 18.4 Å². The zero-order chi connectivity index (χ0) is 13.1. The van der Waals surface area contributed by atoms with Crippen molar-refractivity contribution in [3.63, 3.8) is 0 Å². The molecular weight excluding hydrogens is 254 g/mol. The molecule has 2 rings (SSSR count). The molecule has 1 aromatic heterocycles. The number of hydrogen-bond donors (Lipinski definition) is 2. The van der Waals surface area contributed by atoms with Crippen molar-refractivity contribution in [1.82, 2.24) is 9.88 Å². The zero-order valence-electron chi connectivity index (χ0n) is 10.2. The predicted molar refractivity (Wildman–Crippen MR) is 69.8 cm³/mol. The van der Waals surface area contributed by atoms with E-state index >= 15 is 0 Å². The van der Waals surface area contributed by atoms with Crippen molar-refractivity contribution in [2.24, 2.45) is 0 Å². The summed E-state index contributed by atoms with van der Waals surface area (Å²) in [6.45, 7) is 2.88. The lowest BCUT2D eigenvalue weighted by Gasteiger charge is -2.30.